The summed E-state index contributed by atoms with van der Waals surface area (Å²) >= 11 is 0.757. The lowest BCUT2D eigenvalue weighted by atomic mass is 10.2. The van der Waals surface area contributed by atoms with Crippen molar-refractivity contribution in [2.75, 3.05) is 43.0 Å². The fraction of sp³-hybridized carbons (Fsp3) is 0.412. The van der Waals surface area contributed by atoms with E-state index in [2.05, 4.69) is 15.2 Å². The maximum Gasteiger partial charge on any atom is 0.434 e. The molecule has 3 rings (SSSR count). The Morgan fingerprint density at radius 3 is 2.59 bits per heavy atom. The van der Waals surface area contributed by atoms with Gasteiger partial charge >= 0.3 is 12.2 Å². The van der Waals surface area contributed by atoms with Crippen molar-refractivity contribution in [3.8, 4) is 5.75 Å². The lowest BCUT2D eigenvalue weighted by Gasteiger charge is -2.36. The molecule has 0 bridgehead atoms. The van der Waals surface area contributed by atoms with E-state index < -0.39 is 17.9 Å². The van der Waals surface area contributed by atoms with Gasteiger partial charge in [0.05, 0.1) is 12.3 Å². The number of carbonyl (C=O) groups is 1. The van der Waals surface area contributed by atoms with Gasteiger partial charge in [0.2, 0.25) is 0 Å². The molecule has 0 unspecified atom stereocenters. The number of hydrogen-bond donors (Lipinski definition) is 1. The van der Waals surface area contributed by atoms with E-state index in [-0.39, 0.29) is 5.13 Å². The Hall–Kier alpha value is -2.49. The quantitative estimate of drug-likeness (QED) is 0.845. The van der Waals surface area contributed by atoms with Gasteiger partial charge in [0, 0.05) is 31.6 Å². The average Bonchev–Trinajstić information content (AvgIpc) is 3.12. The highest BCUT2D eigenvalue weighted by Gasteiger charge is 2.34. The van der Waals surface area contributed by atoms with Crippen molar-refractivity contribution in [3.05, 3.63) is 35.3 Å². The number of carbonyl (C=O) groups excluding carboxylic acids is 1. The number of rotatable bonds is 4. The number of aromatic nitrogens is 1. The SMILES string of the molecule is CCOc1ccccc1N1CCN(C(=O)Nc2nc(C(F)(F)F)cs2)CC1. The van der Waals surface area contributed by atoms with Crippen LogP contribution < -0.4 is 15.0 Å². The maximum atomic E-state index is 12.6. The van der Waals surface area contributed by atoms with Crippen LogP contribution in [0.1, 0.15) is 12.6 Å². The number of nitrogens with zero attached hydrogens (tertiary/aromatic N) is 3. The Morgan fingerprint density at radius 1 is 1.26 bits per heavy atom. The Morgan fingerprint density at radius 2 is 1.96 bits per heavy atom. The molecule has 0 spiro atoms. The van der Waals surface area contributed by atoms with Gasteiger partial charge in [-0.25, -0.2) is 9.78 Å². The van der Waals surface area contributed by atoms with Gasteiger partial charge in [-0.3, -0.25) is 5.32 Å². The van der Waals surface area contributed by atoms with Gasteiger partial charge in [-0.2, -0.15) is 13.2 Å². The van der Waals surface area contributed by atoms with Crippen molar-refractivity contribution < 1.29 is 22.7 Å². The minimum atomic E-state index is -4.51. The van der Waals surface area contributed by atoms with Crippen LogP contribution in [0.4, 0.5) is 28.8 Å². The van der Waals surface area contributed by atoms with Crippen LogP contribution in [0.2, 0.25) is 0 Å². The van der Waals surface area contributed by atoms with Gasteiger partial charge in [-0.1, -0.05) is 12.1 Å². The third-order valence-corrected chi connectivity index (χ3v) is 4.84. The van der Waals surface area contributed by atoms with Crippen molar-refractivity contribution >= 4 is 28.2 Å². The van der Waals surface area contributed by atoms with Gasteiger partial charge in [0.25, 0.3) is 0 Å². The lowest BCUT2D eigenvalue weighted by Crippen LogP contribution is -2.50. The van der Waals surface area contributed by atoms with Gasteiger partial charge in [0.15, 0.2) is 10.8 Å². The summed E-state index contributed by atoms with van der Waals surface area (Å²) in [7, 11) is 0. The summed E-state index contributed by atoms with van der Waals surface area (Å²) in [6, 6.07) is 7.25. The first-order valence-corrected chi connectivity index (χ1v) is 9.32. The third kappa shape index (κ3) is 4.62. The summed E-state index contributed by atoms with van der Waals surface area (Å²) in [5.74, 6) is 0.792. The highest BCUT2D eigenvalue weighted by atomic mass is 32.1. The molecule has 10 heteroatoms. The van der Waals surface area contributed by atoms with Crippen molar-refractivity contribution in [2.24, 2.45) is 0 Å². The van der Waals surface area contributed by atoms with Crippen molar-refractivity contribution in [2.45, 2.75) is 13.1 Å². The highest BCUT2D eigenvalue weighted by Crippen LogP contribution is 2.32. The van der Waals surface area contributed by atoms with Crippen molar-refractivity contribution in [3.63, 3.8) is 0 Å². The van der Waals surface area contributed by atoms with Crippen LogP contribution >= 0.6 is 11.3 Å². The molecule has 0 atom stereocenters. The molecule has 1 aromatic carbocycles. The second-order valence-corrected chi connectivity index (χ2v) is 6.70. The maximum absolute atomic E-state index is 12.6. The van der Waals surface area contributed by atoms with Crippen LogP contribution in [0, 0.1) is 0 Å². The molecule has 2 aromatic rings. The highest BCUT2D eigenvalue weighted by molar-refractivity contribution is 7.13. The Bertz CT molecular complexity index is 788. The molecule has 1 aromatic heterocycles. The number of amides is 2. The molecule has 1 N–H and O–H groups in total. The second-order valence-electron chi connectivity index (χ2n) is 5.84. The standard InChI is InChI=1S/C17H19F3N4O2S/c1-2-26-13-6-4-3-5-12(13)23-7-9-24(10-8-23)16(25)22-15-21-14(11-27-15)17(18,19)20/h3-6,11H,2,7-10H2,1H3,(H,21,22,25). The molecule has 0 radical (unpaired) electrons. The second kappa shape index (κ2) is 8.03. The number of piperazine rings is 1. The molecule has 1 saturated heterocycles. The first kappa shape index (κ1) is 19.3. The van der Waals surface area contributed by atoms with Crippen molar-refractivity contribution in [1.82, 2.24) is 9.88 Å². The predicted molar refractivity (Wildman–Crippen MR) is 97.5 cm³/mol. The van der Waals surface area contributed by atoms with E-state index in [4.69, 9.17) is 4.74 Å². The molecule has 0 saturated carbocycles. The van der Waals surface area contributed by atoms with Crippen LogP contribution in [-0.4, -0.2) is 48.7 Å². The van der Waals surface area contributed by atoms with Crippen LogP contribution in [0.15, 0.2) is 29.6 Å². The molecule has 1 fully saturated rings. The number of nitrogens with one attached hydrogen (secondary N) is 1. The Kier molecular flexibility index (Phi) is 5.73. The molecule has 0 aliphatic carbocycles. The van der Waals surface area contributed by atoms with Crippen LogP contribution in [0.3, 0.4) is 0 Å². The van der Waals surface area contributed by atoms with Gasteiger partial charge < -0.3 is 14.5 Å². The number of thiazole rings is 1. The van der Waals surface area contributed by atoms with E-state index in [1.807, 2.05) is 31.2 Å². The zero-order valence-electron chi connectivity index (χ0n) is 14.6. The minimum absolute atomic E-state index is 0.0588. The summed E-state index contributed by atoms with van der Waals surface area (Å²) in [4.78, 5) is 19.4. The van der Waals surface area contributed by atoms with Crippen molar-refractivity contribution in [1.29, 1.82) is 0 Å². The van der Waals surface area contributed by atoms with Crippen LogP contribution in [-0.2, 0) is 6.18 Å². The average molecular weight is 400 g/mol. The van der Waals surface area contributed by atoms with Gasteiger partial charge in [-0.05, 0) is 19.1 Å². The molecule has 1 aliphatic rings. The summed E-state index contributed by atoms with van der Waals surface area (Å²) in [5, 5.41) is 3.27. The first-order chi connectivity index (χ1) is 12.9. The van der Waals surface area contributed by atoms with Gasteiger partial charge in [0.1, 0.15) is 5.75 Å². The summed E-state index contributed by atoms with van der Waals surface area (Å²) < 4.78 is 43.4. The first-order valence-electron chi connectivity index (χ1n) is 8.44. The van der Waals surface area contributed by atoms with E-state index in [0.717, 1.165) is 28.2 Å². The molecule has 2 heterocycles. The van der Waals surface area contributed by atoms with Crippen LogP contribution in [0.25, 0.3) is 0 Å². The number of ether oxygens (including phenoxy) is 1. The van der Waals surface area contributed by atoms with E-state index in [9.17, 15) is 18.0 Å². The number of alkyl halides is 3. The van der Waals surface area contributed by atoms with E-state index in [0.29, 0.717) is 32.8 Å². The number of halogens is 3. The monoisotopic (exact) mass is 400 g/mol. The minimum Gasteiger partial charge on any atom is -0.492 e. The topological polar surface area (TPSA) is 57.7 Å². The third-order valence-electron chi connectivity index (χ3n) is 4.08. The molecule has 1 aliphatic heterocycles. The largest absolute Gasteiger partial charge is 0.492 e. The number of urea groups is 1. The summed E-state index contributed by atoms with van der Waals surface area (Å²) in [5.41, 5.74) is -0.0331. The molecule has 2 amide bonds. The fourth-order valence-electron chi connectivity index (χ4n) is 2.78. The zero-order valence-corrected chi connectivity index (χ0v) is 15.4. The molecule has 6 nitrogen and oxygen atoms in total. The number of anilines is 2. The molecular formula is C17H19F3N4O2S. The fourth-order valence-corrected chi connectivity index (χ4v) is 3.49. The molecular weight excluding hydrogens is 381 g/mol. The van der Waals surface area contributed by atoms with Crippen LogP contribution in [0.5, 0.6) is 5.75 Å². The van der Waals surface area contributed by atoms with E-state index >= 15 is 0 Å². The normalized spacial score (nSPS) is 15.0. The Labute approximate surface area is 158 Å². The lowest BCUT2D eigenvalue weighted by molar-refractivity contribution is -0.140. The van der Waals surface area contributed by atoms with E-state index in [1.54, 1.807) is 4.90 Å². The smallest absolute Gasteiger partial charge is 0.434 e. The number of hydrogen-bond acceptors (Lipinski definition) is 5. The van der Waals surface area contributed by atoms with Gasteiger partial charge in [-0.15, -0.1) is 11.3 Å². The summed E-state index contributed by atoms with van der Waals surface area (Å²) in [6.45, 7) is 4.58. The molecule has 146 valence electrons. The Balaban J connectivity index is 1.57. The number of para-hydroxylation sites is 2. The zero-order chi connectivity index (χ0) is 19.4. The predicted octanol–water partition coefficient (Wildman–Crippen LogP) is 3.91. The molecule has 27 heavy (non-hydrogen) atoms. The number of benzene rings is 1. The summed E-state index contributed by atoms with van der Waals surface area (Å²) in [6.07, 6.45) is -4.51. The van der Waals surface area contributed by atoms with E-state index in [1.165, 1.54) is 0 Å².